The van der Waals surface area contributed by atoms with E-state index in [0.29, 0.717) is 36.4 Å². The van der Waals surface area contributed by atoms with Crippen LogP contribution in [0.3, 0.4) is 0 Å². The van der Waals surface area contributed by atoms with Gasteiger partial charge in [-0.3, -0.25) is 0 Å². The van der Waals surface area contributed by atoms with Crippen LogP contribution in [0.2, 0.25) is 0 Å². The highest BCUT2D eigenvalue weighted by molar-refractivity contribution is 5.95. The minimum atomic E-state index is -0.460. The number of ether oxygens (including phenoxy) is 1. The van der Waals surface area contributed by atoms with Crippen LogP contribution in [0.5, 0.6) is 0 Å². The van der Waals surface area contributed by atoms with E-state index in [4.69, 9.17) is 16.0 Å². The molecule has 0 aliphatic carbocycles. The third-order valence-corrected chi connectivity index (χ3v) is 2.18. The second-order valence-electron chi connectivity index (χ2n) is 3.53. The fourth-order valence-corrected chi connectivity index (χ4v) is 1.33. The number of nitrogens with two attached hydrogens (primary N) is 1. The lowest BCUT2D eigenvalue weighted by Crippen LogP contribution is -2.08. The summed E-state index contributed by atoms with van der Waals surface area (Å²) in [6.45, 7) is 2.34. The molecule has 98 valence electrons. The Bertz CT molecular complexity index is 566. The third-order valence-electron chi connectivity index (χ3n) is 2.18. The predicted molar refractivity (Wildman–Crippen MR) is 72.3 cm³/mol. The zero-order valence-corrected chi connectivity index (χ0v) is 10.6. The van der Waals surface area contributed by atoms with E-state index in [-0.39, 0.29) is 0 Å². The molecule has 2 N–H and O–H groups in total. The molecule has 0 saturated heterocycles. The van der Waals surface area contributed by atoms with Crippen molar-refractivity contribution in [1.82, 2.24) is 0 Å². The highest BCUT2D eigenvalue weighted by Gasteiger charge is 2.10. The van der Waals surface area contributed by atoms with Crippen molar-refractivity contribution in [2.45, 2.75) is 13.3 Å². The van der Waals surface area contributed by atoms with Crippen LogP contribution < -0.4 is 5.73 Å². The average molecular weight is 258 g/mol. The minimum Gasteiger partial charge on any atom is -0.462 e. The van der Waals surface area contributed by atoms with Crippen molar-refractivity contribution >= 4 is 11.7 Å². The van der Waals surface area contributed by atoms with Crippen LogP contribution in [0.1, 0.15) is 29.3 Å². The molecule has 0 heterocycles. The molecule has 0 atom stereocenters. The molecule has 6 nitrogen and oxygen atoms in total. The van der Waals surface area contributed by atoms with Crippen LogP contribution in [0.25, 0.3) is 10.4 Å². The van der Waals surface area contributed by atoms with E-state index in [9.17, 15) is 4.79 Å². The zero-order valence-electron chi connectivity index (χ0n) is 10.6. The molecule has 0 spiro atoms. The van der Waals surface area contributed by atoms with E-state index in [1.54, 1.807) is 25.1 Å². The van der Waals surface area contributed by atoms with Gasteiger partial charge in [-0.1, -0.05) is 17.0 Å². The Morgan fingerprint density at radius 2 is 2.37 bits per heavy atom. The summed E-state index contributed by atoms with van der Waals surface area (Å²) in [7, 11) is 0. The molecular weight excluding hydrogens is 244 g/mol. The van der Waals surface area contributed by atoms with Crippen LogP contribution in [0, 0.1) is 11.8 Å². The van der Waals surface area contributed by atoms with Crippen molar-refractivity contribution in [3.63, 3.8) is 0 Å². The van der Waals surface area contributed by atoms with Gasteiger partial charge in [0.05, 0.1) is 12.2 Å². The Hall–Kier alpha value is -2.64. The molecule has 0 aliphatic rings. The van der Waals surface area contributed by atoms with Crippen LogP contribution in [0.4, 0.5) is 5.69 Å². The number of hydrogen-bond donors (Lipinski definition) is 1. The molecule has 0 radical (unpaired) electrons. The van der Waals surface area contributed by atoms with Gasteiger partial charge in [0, 0.05) is 29.1 Å². The van der Waals surface area contributed by atoms with Crippen LogP contribution >= 0.6 is 0 Å². The van der Waals surface area contributed by atoms with Gasteiger partial charge >= 0.3 is 5.97 Å². The Labute approximate surface area is 111 Å². The standard InChI is InChI=1S/C13H14N4O2/c1-2-19-13(18)11-9-10(6-7-12(11)14)5-3-4-8-16-17-15/h6-7,9H,2,4,8,14H2,1H3. The first-order valence-electron chi connectivity index (χ1n) is 5.75. The molecule has 0 amide bonds. The van der Waals surface area contributed by atoms with E-state index in [1.165, 1.54) is 0 Å². The summed E-state index contributed by atoms with van der Waals surface area (Å²) >= 11 is 0. The first-order chi connectivity index (χ1) is 9.19. The number of esters is 1. The number of nitrogens with zero attached hydrogens (tertiary/aromatic N) is 3. The molecule has 1 aromatic rings. The van der Waals surface area contributed by atoms with E-state index in [1.807, 2.05) is 0 Å². The number of carbonyl (C=O) groups is 1. The molecule has 0 unspecified atom stereocenters. The Balaban J connectivity index is 2.83. The van der Waals surface area contributed by atoms with Gasteiger partial charge in [0.2, 0.25) is 0 Å². The molecule has 6 heteroatoms. The van der Waals surface area contributed by atoms with E-state index >= 15 is 0 Å². The normalized spacial score (nSPS) is 8.89. The van der Waals surface area contributed by atoms with E-state index in [2.05, 4.69) is 21.9 Å². The first kappa shape index (κ1) is 14.4. The second kappa shape index (κ2) is 7.64. The predicted octanol–water partition coefficient (Wildman–Crippen LogP) is 2.50. The number of azide groups is 1. The van der Waals surface area contributed by atoms with Crippen molar-refractivity contribution < 1.29 is 9.53 Å². The maximum Gasteiger partial charge on any atom is 0.340 e. The van der Waals surface area contributed by atoms with Crippen molar-refractivity contribution in [2.75, 3.05) is 18.9 Å². The van der Waals surface area contributed by atoms with E-state index in [0.717, 1.165) is 0 Å². The molecule has 1 rings (SSSR count). The highest BCUT2D eigenvalue weighted by Crippen LogP contribution is 2.15. The lowest BCUT2D eigenvalue weighted by molar-refractivity contribution is 0.0527. The zero-order chi connectivity index (χ0) is 14.1. The number of hydrogen-bond acceptors (Lipinski definition) is 4. The number of rotatable bonds is 4. The summed E-state index contributed by atoms with van der Waals surface area (Å²) in [6, 6.07) is 4.93. The maximum absolute atomic E-state index is 11.6. The third kappa shape index (κ3) is 4.62. The minimum absolute atomic E-state index is 0.292. The fourth-order valence-electron chi connectivity index (χ4n) is 1.33. The second-order valence-corrected chi connectivity index (χ2v) is 3.53. The van der Waals surface area contributed by atoms with Crippen molar-refractivity contribution in [3.8, 4) is 11.8 Å². The summed E-state index contributed by atoms with van der Waals surface area (Å²) in [6.07, 6.45) is 0.461. The molecule has 0 saturated carbocycles. The fraction of sp³-hybridized carbons (Fsp3) is 0.308. The number of benzene rings is 1. The molecule has 0 fully saturated rings. The SMILES string of the molecule is CCOC(=O)c1cc(C#CCCN=[N+]=[N-])ccc1N. The number of nitrogen functional groups attached to an aromatic ring is 1. The first-order valence-corrected chi connectivity index (χ1v) is 5.75. The molecule has 0 bridgehead atoms. The number of anilines is 1. The van der Waals surface area contributed by atoms with Gasteiger partial charge in [0.1, 0.15) is 0 Å². The van der Waals surface area contributed by atoms with Crippen molar-refractivity contribution in [3.05, 3.63) is 39.8 Å². The van der Waals surface area contributed by atoms with Crippen LogP contribution in [-0.4, -0.2) is 19.1 Å². The molecule has 0 aliphatic heterocycles. The Kier molecular flexibility index (Phi) is 5.80. The molecule has 1 aromatic carbocycles. The number of carbonyl (C=O) groups excluding carboxylic acids is 1. The molecule has 19 heavy (non-hydrogen) atoms. The Morgan fingerprint density at radius 1 is 1.58 bits per heavy atom. The molecular formula is C13H14N4O2. The smallest absolute Gasteiger partial charge is 0.340 e. The topological polar surface area (TPSA) is 101 Å². The van der Waals surface area contributed by atoms with E-state index < -0.39 is 5.97 Å². The van der Waals surface area contributed by atoms with Gasteiger partial charge < -0.3 is 10.5 Å². The highest BCUT2D eigenvalue weighted by atomic mass is 16.5. The van der Waals surface area contributed by atoms with Crippen molar-refractivity contribution in [1.29, 1.82) is 0 Å². The Morgan fingerprint density at radius 3 is 3.05 bits per heavy atom. The van der Waals surface area contributed by atoms with Crippen molar-refractivity contribution in [2.24, 2.45) is 5.11 Å². The average Bonchev–Trinajstić information content (AvgIpc) is 2.40. The van der Waals surface area contributed by atoms with Gasteiger partial charge in [-0.25, -0.2) is 4.79 Å². The van der Waals surface area contributed by atoms with Gasteiger partial charge in [-0.2, -0.15) is 0 Å². The summed E-state index contributed by atoms with van der Waals surface area (Å²) in [5.74, 6) is 5.26. The molecule has 0 aromatic heterocycles. The lowest BCUT2D eigenvalue weighted by Gasteiger charge is -2.05. The summed E-state index contributed by atoms with van der Waals surface area (Å²) < 4.78 is 4.90. The lowest BCUT2D eigenvalue weighted by atomic mass is 10.1. The monoisotopic (exact) mass is 258 g/mol. The van der Waals surface area contributed by atoms with Gasteiger partial charge in [-0.15, -0.1) is 0 Å². The largest absolute Gasteiger partial charge is 0.462 e. The quantitative estimate of drug-likeness (QED) is 0.171. The maximum atomic E-state index is 11.6. The van der Waals surface area contributed by atoms with Gasteiger partial charge in [-0.05, 0) is 30.7 Å². The van der Waals surface area contributed by atoms with Crippen LogP contribution in [0.15, 0.2) is 23.3 Å². The van der Waals surface area contributed by atoms with Gasteiger partial charge in [0.25, 0.3) is 0 Å². The summed E-state index contributed by atoms with van der Waals surface area (Å²) in [4.78, 5) is 14.3. The van der Waals surface area contributed by atoms with Crippen LogP contribution in [-0.2, 0) is 4.74 Å². The summed E-state index contributed by atoms with van der Waals surface area (Å²) in [5, 5.41) is 3.37. The summed E-state index contributed by atoms with van der Waals surface area (Å²) in [5.41, 5.74) is 15.2. The van der Waals surface area contributed by atoms with Gasteiger partial charge in [0.15, 0.2) is 0 Å².